The molecule has 3 N–H and O–H groups in total. The number of hydrogen-bond acceptors (Lipinski definition) is 2. The Kier molecular flexibility index (Phi) is 4.96. The van der Waals surface area contributed by atoms with Crippen LogP contribution in [0.5, 0.6) is 0 Å². The predicted octanol–water partition coefficient (Wildman–Crippen LogP) is 4.21. The van der Waals surface area contributed by atoms with Gasteiger partial charge in [-0.3, -0.25) is 0 Å². The first-order valence-electron chi connectivity index (χ1n) is 6.53. The zero-order valence-electron chi connectivity index (χ0n) is 11.8. The first-order valence-corrected chi connectivity index (χ1v) is 7.29. The minimum absolute atomic E-state index is 0.463. The maximum atomic E-state index is 11.2. The Morgan fingerprint density at radius 1 is 1.14 bits per heavy atom. The highest BCUT2D eigenvalue weighted by Crippen LogP contribution is 2.36. The van der Waals surface area contributed by atoms with Gasteiger partial charge in [-0.1, -0.05) is 47.5 Å². The fraction of sp³-hybridized carbons (Fsp3) is 0.188. The summed E-state index contributed by atoms with van der Waals surface area (Å²) in [6, 6.07) is 13.3. The van der Waals surface area contributed by atoms with Gasteiger partial charge in [0.2, 0.25) is 0 Å². The molecule has 6 heteroatoms. The summed E-state index contributed by atoms with van der Waals surface area (Å²) >= 11 is 11.8. The number of benzene rings is 2. The van der Waals surface area contributed by atoms with E-state index < -0.39 is 17.7 Å². The summed E-state index contributed by atoms with van der Waals surface area (Å²) in [7, 11) is 0. The molecule has 2 rings (SSSR count). The molecule has 116 valence electrons. The third kappa shape index (κ3) is 3.53. The number of halogens is 2. The van der Waals surface area contributed by atoms with Crippen LogP contribution in [0.4, 0.5) is 4.79 Å². The van der Waals surface area contributed by atoms with E-state index in [1.54, 1.807) is 55.5 Å². The van der Waals surface area contributed by atoms with Crippen LogP contribution in [-0.2, 0) is 5.54 Å². The van der Waals surface area contributed by atoms with E-state index in [2.05, 4.69) is 5.32 Å². The zero-order chi connectivity index (χ0) is 16.3. The van der Waals surface area contributed by atoms with Crippen LogP contribution in [0.1, 0.15) is 24.2 Å². The quantitative estimate of drug-likeness (QED) is 0.781. The van der Waals surface area contributed by atoms with Crippen LogP contribution in [0.25, 0.3) is 0 Å². The van der Waals surface area contributed by atoms with Crippen LogP contribution < -0.4 is 5.32 Å². The van der Waals surface area contributed by atoms with Crippen molar-refractivity contribution < 1.29 is 15.0 Å². The summed E-state index contributed by atoms with van der Waals surface area (Å²) < 4.78 is 0. The Bertz CT molecular complexity index is 675. The van der Waals surface area contributed by atoms with E-state index in [1.807, 2.05) is 0 Å². The molecule has 22 heavy (non-hydrogen) atoms. The number of hydrogen-bond donors (Lipinski definition) is 3. The third-order valence-electron chi connectivity index (χ3n) is 3.52. The third-order valence-corrected chi connectivity index (χ3v) is 4.01. The van der Waals surface area contributed by atoms with Crippen LogP contribution >= 0.6 is 23.2 Å². The SMILES string of the molecule is C[C@@](NC(=O)O)(c1ccc(Cl)cc1)[C@@H](O)c1cccc(Cl)c1. The van der Waals surface area contributed by atoms with Crippen molar-refractivity contribution in [2.75, 3.05) is 0 Å². The lowest BCUT2D eigenvalue weighted by molar-refractivity contribution is 0.0658. The lowest BCUT2D eigenvalue weighted by Gasteiger charge is -2.35. The topological polar surface area (TPSA) is 69.6 Å². The molecule has 0 aliphatic carbocycles. The molecule has 0 fully saturated rings. The van der Waals surface area contributed by atoms with E-state index in [9.17, 15) is 9.90 Å². The monoisotopic (exact) mass is 339 g/mol. The molecule has 1 amide bonds. The van der Waals surface area contributed by atoms with Gasteiger partial charge in [-0.25, -0.2) is 4.79 Å². The van der Waals surface area contributed by atoms with E-state index in [0.29, 0.717) is 21.2 Å². The second-order valence-corrected chi connectivity index (χ2v) is 5.97. The molecule has 0 spiro atoms. The van der Waals surface area contributed by atoms with Crippen molar-refractivity contribution in [2.24, 2.45) is 0 Å². The van der Waals surface area contributed by atoms with Gasteiger partial charge in [-0.15, -0.1) is 0 Å². The summed E-state index contributed by atoms with van der Waals surface area (Å²) in [6.07, 6.45) is -2.36. The summed E-state index contributed by atoms with van der Waals surface area (Å²) in [5.41, 5.74) is -0.147. The fourth-order valence-corrected chi connectivity index (χ4v) is 2.65. The highest BCUT2D eigenvalue weighted by atomic mass is 35.5. The Labute approximate surface area is 138 Å². The molecule has 2 aromatic carbocycles. The molecule has 0 aliphatic rings. The van der Waals surface area contributed by atoms with Gasteiger partial charge in [0.05, 0.1) is 5.54 Å². The first kappa shape index (κ1) is 16.6. The molecule has 0 unspecified atom stereocenters. The highest BCUT2D eigenvalue weighted by molar-refractivity contribution is 6.30. The van der Waals surface area contributed by atoms with E-state index in [1.165, 1.54) is 0 Å². The molecule has 0 saturated carbocycles. The van der Waals surface area contributed by atoms with Crippen molar-refractivity contribution in [1.82, 2.24) is 5.32 Å². The maximum absolute atomic E-state index is 11.2. The van der Waals surface area contributed by atoms with Gasteiger partial charge in [-0.2, -0.15) is 0 Å². The van der Waals surface area contributed by atoms with E-state index in [-0.39, 0.29) is 0 Å². The Morgan fingerprint density at radius 2 is 1.77 bits per heavy atom. The van der Waals surface area contributed by atoms with E-state index in [4.69, 9.17) is 28.3 Å². The summed E-state index contributed by atoms with van der Waals surface area (Å²) in [6.45, 7) is 1.61. The fourth-order valence-electron chi connectivity index (χ4n) is 2.33. The Balaban J connectivity index is 2.48. The van der Waals surface area contributed by atoms with Crippen molar-refractivity contribution in [3.05, 3.63) is 69.7 Å². The number of nitrogens with one attached hydrogen (secondary N) is 1. The van der Waals surface area contributed by atoms with Crippen LogP contribution in [0, 0.1) is 0 Å². The van der Waals surface area contributed by atoms with Crippen molar-refractivity contribution in [3.8, 4) is 0 Å². The number of carboxylic acid groups (broad SMARTS) is 1. The highest BCUT2D eigenvalue weighted by Gasteiger charge is 2.37. The molecule has 0 aromatic heterocycles. The second kappa shape index (κ2) is 6.57. The minimum Gasteiger partial charge on any atom is -0.465 e. The van der Waals surface area contributed by atoms with Crippen LogP contribution in [0.15, 0.2) is 48.5 Å². The molecule has 0 radical (unpaired) electrons. The Morgan fingerprint density at radius 3 is 2.32 bits per heavy atom. The molecule has 0 aliphatic heterocycles. The Hall–Kier alpha value is -1.75. The summed E-state index contributed by atoms with van der Waals surface area (Å²) in [5, 5.41) is 23.2. The average Bonchev–Trinajstić information content (AvgIpc) is 2.46. The molecular weight excluding hydrogens is 325 g/mol. The lowest BCUT2D eigenvalue weighted by atomic mass is 9.83. The number of amides is 1. The van der Waals surface area contributed by atoms with Crippen molar-refractivity contribution in [3.63, 3.8) is 0 Å². The standard InChI is InChI=1S/C16H15Cl2NO3/c1-16(19-15(21)22,11-5-7-12(17)8-6-11)14(20)10-3-2-4-13(18)9-10/h2-9,14,19-20H,1H3,(H,21,22)/t14-,16+/m0/s1. The number of aliphatic hydroxyl groups excluding tert-OH is 1. The summed E-state index contributed by atoms with van der Waals surface area (Å²) in [4.78, 5) is 11.2. The van der Waals surface area contributed by atoms with Gasteiger partial charge in [0.25, 0.3) is 0 Å². The second-order valence-electron chi connectivity index (χ2n) is 5.10. The zero-order valence-corrected chi connectivity index (χ0v) is 13.3. The number of carbonyl (C=O) groups is 1. The average molecular weight is 340 g/mol. The minimum atomic E-state index is -1.25. The smallest absolute Gasteiger partial charge is 0.405 e. The van der Waals surface area contributed by atoms with Crippen molar-refractivity contribution in [2.45, 2.75) is 18.6 Å². The van der Waals surface area contributed by atoms with Gasteiger partial charge < -0.3 is 15.5 Å². The van der Waals surface area contributed by atoms with E-state index in [0.717, 1.165) is 0 Å². The molecule has 2 atom stereocenters. The van der Waals surface area contributed by atoms with Gasteiger partial charge in [-0.05, 0) is 42.3 Å². The van der Waals surface area contributed by atoms with Gasteiger partial charge >= 0.3 is 6.09 Å². The molecule has 2 aromatic rings. The number of rotatable bonds is 4. The lowest BCUT2D eigenvalue weighted by Crippen LogP contribution is -2.47. The molecule has 4 nitrogen and oxygen atoms in total. The molecule has 0 heterocycles. The van der Waals surface area contributed by atoms with Gasteiger partial charge in [0.15, 0.2) is 0 Å². The van der Waals surface area contributed by atoms with Crippen molar-refractivity contribution >= 4 is 29.3 Å². The van der Waals surface area contributed by atoms with Gasteiger partial charge in [0, 0.05) is 10.0 Å². The summed E-state index contributed by atoms with van der Waals surface area (Å²) in [5.74, 6) is 0. The predicted molar refractivity (Wildman–Crippen MR) is 86.4 cm³/mol. The van der Waals surface area contributed by atoms with Crippen LogP contribution in [-0.4, -0.2) is 16.3 Å². The molecular formula is C16H15Cl2NO3. The van der Waals surface area contributed by atoms with Crippen molar-refractivity contribution in [1.29, 1.82) is 0 Å². The van der Waals surface area contributed by atoms with Gasteiger partial charge in [0.1, 0.15) is 6.10 Å². The molecule has 0 bridgehead atoms. The van der Waals surface area contributed by atoms with Crippen LogP contribution in [0.3, 0.4) is 0 Å². The maximum Gasteiger partial charge on any atom is 0.405 e. The largest absolute Gasteiger partial charge is 0.465 e. The number of aliphatic hydroxyl groups is 1. The van der Waals surface area contributed by atoms with Crippen LogP contribution in [0.2, 0.25) is 10.0 Å². The normalized spacial score (nSPS) is 14.9. The molecule has 0 saturated heterocycles. The van der Waals surface area contributed by atoms with E-state index >= 15 is 0 Å². The first-order chi connectivity index (χ1) is 10.3.